The minimum absolute atomic E-state index is 0.0181. The normalized spacial score (nSPS) is 26.5. The zero-order valence-corrected chi connectivity index (χ0v) is 9.87. The van der Waals surface area contributed by atoms with E-state index in [2.05, 4.69) is 4.18 Å². The maximum atomic E-state index is 12.5. The monoisotopic (exact) mass is 276 g/mol. The van der Waals surface area contributed by atoms with E-state index in [9.17, 15) is 26.0 Å². The van der Waals surface area contributed by atoms with Gasteiger partial charge >= 0.3 is 15.6 Å². The molecule has 0 spiro atoms. The van der Waals surface area contributed by atoms with E-state index in [1.54, 1.807) is 6.92 Å². The van der Waals surface area contributed by atoms with Crippen LogP contribution in [0.2, 0.25) is 0 Å². The molecule has 0 aromatic rings. The summed E-state index contributed by atoms with van der Waals surface area (Å²) in [6.45, 7) is 1.03. The molecule has 0 aromatic carbocycles. The fraction of sp³-hybridized carbons (Fsp3) is 0.778. The Balaban J connectivity index is 2.74. The van der Waals surface area contributed by atoms with E-state index < -0.39 is 27.7 Å². The van der Waals surface area contributed by atoms with Crippen molar-refractivity contribution < 1.29 is 30.2 Å². The molecule has 0 N–H and O–H groups in total. The Labute approximate surface area is 96.6 Å². The summed E-state index contributed by atoms with van der Waals surface area (Å²) in [5.41, 5.74) is -6.08. The number of rotatable bonds is 3. The number of allylic oxidation sites excluding steroid dienone is 2. The maximum Gasteiger partial charge on any atom is 0.534 e. The molecule has 0 aliphatic heterocycles. The molecule has 1 unspecified atom stereocenters. The van der Waals surface area contributed by atoms with Crippen molar-refractivity contribution in [2.45, 2.75) is 31.7 Å². The summed E-state index contributed by atoms with van der Waals surface area (Å²) < 4.78 is 73.9. The van der Waals surface area contributed by atoms with Crippen molar-refractivity contribution >= 4 is 10.1 Å². The van der Waals surface area contributed by atoms with Gasteiger partial charge in [-0.3, -0.25) is 4.39 Å². The molecule has 1 aliphatic carbocycles. The predicted octanol–water partition coefficient (Wildman–Crippen LogP) is 2.90. The smallest absolute Gasteiger partial charge is 0.381 e. The quantitative estimate of drug-likeness (QED) is 0.452. The van der Waals surface area contributed by atoms with Gasteiger partial charge in [-0.25, -0.2) is 0 Å². The first-order valence-electron chi connectivity index (χ1n) is 4.85. The molecule has 1 atom stereocenters. The Morgan fingerprint density at radius 1 is 1.47 bits per heavy atom. The summed E-state index contributed by atoms with van der Waals surface area (Å²) in [7, 11) is -5.60. The van der Waals surface area contributed by atoms with Crippen LogP contribution in [-0.2, 0) is 14.3 Å². The molecule has 0 heterocycles. The molecule has 0 aromatic heterocycles. The van der Waals surface area contributed by atoms with Gasteiger partial charge in [0.1, 0.15) is 5.76 Å². The molecule has 100 valence electrons. The highest BCUT2D eigenvalue weighted by Crippen LogP contribution is 2.37. The molecule has 3 nitrogen and oxygen atoms in total. The topological polar surface area (TPSA) is 43.4 Å². The molecular weight excluding hydrogens is 264 g/mol. The van der Waals surface area contributed by atoms with Crippen LogP contribution in [0.4, 0.5) is 17.6 Å². The molecular formula is C9H12F4O3S. The summed E-state index contributed by atoms with van der Waals surface area (Å²) in [4.78, 5) is 0. The minimum atomic E-state index is -5.60. The Kier molecular flexibility index (Phi) is 3.75. The fourth-order valence-corrected chi connectivity index (χ4v) is 1.90. The first-order valence-corrected chi connectivity index (χ1v) is 6.26. The van der Waals surface area contributed by atoms with Gasteiger partial charge in [-0.15, -0.1) is 0 Å². The van der Waals surface area contributed by atoms with Crippen molar-refractivity contribution in [2.75, 3.05) is 6.67 Å². The van der Waals surface area contributed by atoms with E-state index in [0.29, 0.717) is 0 Å². The lowest BCUT2D eigenvalue weighted by Crippen LogP contribution is -2.27. The average molecular weight is 276 g/mol. The van der Waals surface area contributed by atoms with Gasteiger partial charge in [0.2, 0.25) is 0 Å². The molecule has 0 saturated carbocycles. The van der Waals surface area contributed by atoms with Crippen LogP contribution in [0, 0.1) is 5.41 Å². The van der Waals surface area contributed by atoms with E-state index in [4.69, 9.17) is 0 Å². The van der Waals surface area contributed by atoms with Gasteiger partial charge in [0.25, 0.3) is 0 Å². The number of alkyl halides is 4. The maximum absolute atomic E-state index is 12.5. The second-order valence-corrected chi connectivity index (χ2v) is 5.84. The standard InChI is InChI=1S/C9H12F4O3S/c1-8(6-10)4-2-7(3-5-8)16-17(14,15)9(11,12)13/h2H,3-6H2,1H3. The fourth-order valence-electron chi connectivity index (χ4n) is 1.37. The summed E-state index contributed by atoms with van der Waals surface area (Å²) in [5.74, 6) is -0.270. The number of hydrogen-bond donors (Lipinski definition) is 0. The number of hydrogen-bond acceptors (Lipinski definition) is 3. The molecule has 1 aliphatic rings. The van der Waals surface area contributed by atoms with Crippen LogP contribution in [0.15, 0.2) is 11.8 Å². The van der Waals surface area contributed by atoms with Crippen molar-refractivity contribution in [2.24, 2.45) is 5.41 Å². The summed E-state index contributed by atoms with van der Waals surface area (Å²) in [5, 5.41) is 0. The van der Waals surface area contributed by atoms with Crippen LogP contribution in [0.3, 0.4) is 0 Å². The van der Waals surface area contributed by atoms with Gasteiger partial charge in [0.15, 0.2) is 0 Å². The van der Waals surface area contributed by atoms with Crippen molar-refractivity contribution in [3.63, 3.8) is 0 Å². The Morgan fingerprint density at radius 3 is 2.41 bits per heavy atom. The minimum Gasteiger partial charge on any atom is -0.381 e. The highest BCUT2D eigenvalue weighted by atomic mass is 32.2. The van der Waals surface area contributed by atoms with Gasteiger partial charge in [-0.2, -0.15) is 21.6 Å². The summed E-state index contributed by atoms with van der Waals surface area (Å²) in [6, 6.07) is 0. The third-order valence-electron chi connectivity index (χ3n) is 2.62. The summed E-state index contributed by atoms with van der Waals surface area (Å²) >= 11 is 0. The first-order chi connectivity index (χ1) is 7.60. The van der Waals surface area contributed by atoms with Crippen molar-refractivity contribution in [3.8, 4) is 0 Å². The van der Waals surface area contributed by atoms with E-state index in [0.717, 1.165) is 0 Å². The van der Waals surface area contributed by atoms with Crippen molar-refractivity contribution in [1.29, 1.82) is 0 Å². The lowest BCUT2D eigenvalue weighted by molar-refractivity contribution is -0.0525. The van der Waals surface area contributed by atoms with E-state index in [1.165, 1.54) is 6.08 Å². The van der Waals surface area contributed by atoms with Crippen LogP contribution in [0.5, 0.6) is 0 Å². The molecule has 0 fully saturated rings. The molecule has 17 heavy (non-hydrogen) atoms. The van der Waals surface area contributed by atoms with Gasteiger partial charge < -0.3 is 4.18 Å². The van der Waals surface area contributed by atoms with E-state index in [1.807, 2.05) is 0 Å². The van der Waals surface area contributed by atoms with Gasteiger partial charge in [-0.05, 0) is 24.3 Å². The van der Waals surface area contributed by atoms with E-state index >= 15 is 0 Å². The van der Waals surface area contributed by atoms with E-state index in [-0.39, 0.29) is 25.0 Å². The van der Waals surface area contributed by atoms with Crippen LogP contribution in [0.25, 0.3) is 0 Å². The Hall–Kier alpha value is -0.790. The molecule has 0 saturated heterocycles. The molecule has 0 amide bonds. The second-order valence-electron chi connectivity index (χ2n) is 4.30. The van der Waals surface area contributed by atoms with Crippen LogP contribution in [0.1, 0.15) is 26.2 Å². The van der Waals surface area contributed by atoms with Crippen LogP contribution in [-0.4, -0.2) is 20.6 Å². The van der Waals surface area contributed by atoms with Gasteiger partial charge in [-0.1, -0.05) is 6.92 Å². The van der Waals surface area contributed by atoms with Crippen LogP contribution >= 0.6 is 0 Å². The molecule has 0 bridgehead atoms. The number of halogens is 4. The van der Waals surface area contributed by atoms with Crippen molar-refractivity contribution in [3.05, 3.63) is 11.8 Å². The molecule has 8 heteroatoms. The van der Waals surface area contributed by atoms with Gasteiger partial charge in [0, 0.05) is 6.42 Å². The molecule has 0 radical (unpaired) electrons. The first kappa shape index (κ1) is 14.3. The SMILES string of the molecule is CC1(CF)CC=C(OS(=O)(=O)C(F)(F)F)CC1. The zero-order chi connectivity index (χ0) is 13.3. The van der Waals surface area contributed by atoms with Crippen molar-refractivity contribution in [1.82, 2.24) is 0 Å². The third kappa shape index (κ3) is 3.34. The lowest BCUT2D eigenvalue weighted by atomic mass is 9.80. The summed E-state index contributed by atoms with van der Waals surface area (Å²) in [6.07, 6.45) is 1.59. The highest BCUT2D eigenvalue weighted by molar-refractivity contribution is 7.87. The third-order valence-corrected chi connectivity index (χ3v) is 3.62. The zero-order valence-electron chi connectivity index (χ0n) is 9.05. The predicted molar refractivity (Wildman–Crippen MR) is 52.1 cm³/mol. The largest absolute Gasteiger partial charge is 0.534 e. The van der Waals surface area contributed by atoms with Crippen LogP contribution < -0.4 is 0 Å². The lowest BCUT2D eigenvalue weighted by Gasteiger charge is -2.29. The second kappa shape index (κ2) is 4.47. The average Bonchev–Trinajstić information content (AvgIpc) is 2.20. The van der Waals surface area contributed by atoms with Gasteiger partial charge in [0.05, 0.1) is 6.67 Å². The molecule has 1 rings (SSSR count). The Bertz CT molecular complexity index is 412. The Morgan fingerprint density at radius 2 is 2.06 bits per heavy atom. The highest BCUT2D eigenvalue weighted by Gasteiger charge is 2.49.